The second-order valence-corrected chi connectivity index (χ2v) is 8.90. The first kappa shape index (κ1) is 28.3. The smallest absolute Gasteiger partial charge is 0.207 e. The molecule has 9 nitrogen and oxygen atoms in total. The van der Waals surface area contributed by atoms with Gasteiger partial charge in [-0.25, -0.2) is 0 Å². The van der Waals surface area contributed by atoms with E-state index in [0.717, 1.165) is 23.0 Å². The highest BCUT2D eigenvalue weighted by molar-refractivity contribution is 6.33. The number of methoxy groups -OCH3 is 1. The van der Waals surface area contributed by atoms with Crippen LogP contribution in [0.15, 0.2) is 42.6 Å². The molecular formula is C27H34ClN3O6. The number of hydrogen-bond acceptors (Lipinski definition) is 8. The predicted molar refractivity (Wildman–Crippen MR) is 144 cm³/mol. The third-order valence-electron chi connectivity index (χ3n) is 5.33. The van der Waals surface area contributed by atoms with Crippen molar-refractivity contribution in [3.05, 3.63) is 47.6 Å². The average molecular weight is 532 g/mol. The highest BCUT2D eigenvalue weighted by Gasteiger charge is 2.18. The Bertz CT molecular complexity index is 1160. The molecule has 2 aromatic carbocycles. The number of anilines is 1. The van der Waals surface area contributed by atoms with Crippen LogP contribution >= 0.6 is 11.6 Å². The number of nitrogens with zero attached hydrogens (tertiary/aromatic N) is 1. The largest absolute Gasteiger partial charge is 0.493 e. The number of amides is 1. The van der Waals surface area contributed by atoms with Crippen molar-refractivity contribution >= 4 is 34.6 Å². The van der Waals surface area contributed by atoms with Crippen molar-refractivity contribution in [2.24, 2.45) is 0 Å². The van der Waals surface area contributed by atoms with Crippen molar-refractivity contribution in [1.82, 2.24) is 10.3 Å². The summed E-state index contributed by atoms with van der Waals surface area (Å²) in [6, 6.07) is 11.3. The number of halogens is 1. The van der Waals surface area contributed by atoms with E-state index in [1.807, 2.05) is 51.2 Å². The van der Waals surface area contributed by atoms with Crippen LogP contribution < -0.4 is 24.8 Å². The molecule has 2 N–H and O–H groups in total. The Morgan fingerprint density at radius 2 is 1.95 bits per heavy atom. The van der Waals surface area contributed by atoms with Gasteiger partial charge in [-0.15, -0.1) is 0 Å². The van der Waals surface area contributed by atoms with Gasteiger partial charge in [-0.1, -0.05) is 11.6 Å². The van der Waals surface area contributed by atoms with Crippen LogP contribution in [0.4, 0.5) is 5.69 Å². The fourth-order valence-corrected chi connectivity index (χ4v) is 3.58. The summed E-state index contributed by atoms with van der Waals surface area (Å²) in [7, 11) is 3.43. The predicted octanol–water partition coefficient (Wildman–Crippen LogP) is 5.06. The van der Waals surface area contributed by atoms with Crippen molar-refractivity contribution < 1.29 is 28.5 Å². The molecular weight excluding hydrogens is 498 g/mol. The monoisotopic (exact) mass is 531 g/mol. The van der Waals surface area contributed by atoms with E-state index in [9.17, 15) is 4.79 Å². The van der Waals surface area contributed by atoms with Crippen LogP contribution in [0.3, 0.4) is 0 Å². The van der Waals surface area contributed by atoms with Gasteiger partial charge >= 0.3 is 0 Å². The molecule has 1 aliphatic rings. The van der Waals surface area contributed by atoms with Gasteiger partial charge in [0.2, 0.25) is 6.41 Å². The van der Waals surface area contributed by atoms with Gasteiger partial charge in [-0.2, -0.15) is 0 Å². The highest BCUT2D eigenvalue weighted by atomic mass is 35.5. The number of carbonyl (C=O) groups excluding carboxylic acids is 1. The van der Waals surface area contributed by atoms with Gasteiger partial charge in [0.15, 0.2) is 11.5 Å². The molecule has 3 aromatic rings. The lowest BCUT2D eigenvalue weighted by Crippen LogP contribution is -2.36. The Balaban J connectivity index is 0.000000568. The lowest BCUT2D eigenvalue weighted by Gasteiger charge is -2.25. The fraction of sp³-hybridized carbons (Fsp3) is 0.407. The minimum Gasteiger partial charge on any atom is -0.493 e. The number of carbonyl (C=O) groups is 1. The van der Waals surface area contributed by atoms with Crippen LogP contribution in [0.25, 0.3) is 10.9 Å². The minimum absolute atomic E-state index is 0.224. The Kier molecular flexibility index (Phi) is 11.1. The molecule has 0 unspecified atom stereocenters. The molecule has 4 rings (SSSR count). The molecule has 1 aliphatic heterocycles. The molecule has 0 bridgehead atoms. The second kappa shape index (κ2) is 14.5. The highest BCUT2D eigenvalue weighted by Crippen LogP contribution is 2.38. The second-order valence-electron chi connectivity index (χ2n) is 8.49. The van der Waals surface area contributed by atoms with Crippen molar-refractivity contribution in [2.75, 3.05) is 45.9 Å². The van der Waals surface area contributed by atoms with Crippen molar-refractivity contribution in [1.29, 1.82) is 0 Å². The Morgan fingerprint density at radius 3 is 2.54 bits per heavy atom. The first-order valence-corrected chi connectivity index (χ1v) is 12.5. The van der Waals surface area contributed by atoms with E-state index >= 15 is 0 Å². The van der Waals surface area contributed by atoms with Gasteiger partial charge in [0.05, 0.1) is 49.8 Å². The van der Waals surface area contributed by atoms with Gasteiger partial charge in [0, 0.05) is 43.2 Å². The molecule has 1 aromatic heterocycles. The van der Waals surface area contributed by atoms with Crippen molar-refractivity contribution in [3.63, 3.8) is 0 Å². The molecule has 1 fully saturated rings. The lowest BCUT2D eigenvalue weighted by molar-refractivity contribution is -0.130. The number of nitrogens with one attached hydrogen (secondary N) is 2. The molecule has 0 radical (unpaired) electrons. The quantitative estimate of drug-likeness (QED) is 0.247. The Labute approximate surface area is 222 Å². The zero-order chi connectivity index (χ0) is 26.6. The maximum Gasteiger partial charge on any atom is 0.207 e. The summed E-state index contributed by atoms with van der Waals surface area (Å²) in [6.45, 7) is 6.34. The molecule has 1 saturated heterocycles. The lowest BCUT2D eigenvalue weighted by atomic mass is 10.1. The minimum atomic E-state index is 0.224. The Hall–Kier alpha value is -3.27. The molecule has 1 amide bonds. The van der Waals surface area contributed by atoms with Gasteiger partial charge in [-0.3, -0.25) is 9.78 Å². The van der Waals surface area contributed by atoms with E-state index < -0.39 is 0 Å². The third-order valence-corrected chi connectivity index (χ3v) is 5.65. The van der Waals surface area contributed by atoms with Crippen LogP contribution in [0.1, 0.15) is 20.3 Å². The Morgan fingerprint density at radius 1 is 1.14 bits per heavy atom. The van der Waals surface area contributed by atoms with Crippen LogP contribution in [0, 0.1) is 0 Å². The zero-order valence-electron chi connectivity index (χ0n) is 21.6. The summed E-state index contributed by atoms with van der Waals surface area (Å²) in [5, 5.41) is 6.96. The normalized spacial score (nSPS) is 12.8. The maximum absolute atomic E-state index is 9.50. The first-order chi connectivity index (χ1) is 17.9. The van der Waals surface area contributed by atoms with Gasteiger partial charge < -0.3 is 34.3 Å². The van der Waals surface area contributed by atoms with Crippen LogP contribution in [-0.4, -0.2) is 64.1 Å². The van der Waals surface area contributed by atoms with Gasteiger partial charge in [0.25, 0.3) is 0 Å². The van der Waals surface area contributed by atoms with Gasteiger partial charge in [-0.05, 0) is 38.1 Å². The molecule has 0 spiro atoms. The summed E-state index contributed by atoms with van der Waals surface area (Å²) >= 11 is 6.28. The fourth-order valence-electron chi connectivity index (χ4n) is 3.32. The molecule has 200 valence electrons. The average Bonchev–Trinajstić information content (AvgIpc) is 2.85. The van der Waals surface area contributed by atoms with E-state index in [1.54, 1.807) is 19.4 Å². The van der Waals surface area contributed by atoms with Crippen LogP contribution in [-0.2, 0) is 14.3 Å². The third kappa shape index (κ3) is 8.38. The standard InChI is InChI=1S/C23H25ClN2O5.C4H9NO/c1-25-19-5-4-15(10-18(19)24)31-21-6-7-26-20-12-23(22(27-2)11-17(20)21)30-9-3-8-29-16-13-28-14-16;1-4(2)5-3-6/h4-7,10-12,16,25H,3,8-9,13-14H2,1-2H3;3-4H,1-2H3,(H,5,6). The van der Waals surface area contributed by atoms with E-state index in [1.165, 1.54) is 0 Å². The van der Waals surface area contributed by atoms with Crippen molar-refractivity contribution in [2.45, 2.75) is 32.4 Å². The molecule has 10 heteroatoms. The number of benzene rings is 2. The number of ether oxygens (including phenoxy) is 5. The van der Waals surface area contributed by atoms with Crippen molar-refractivity contribution in [3.8, 4) is 23.0 Å². The summed E-state index contributed by atoms with van der Waals surface area (Å²) in [5.74, 6) is 2.53. The first-order valence-electron chi connectivity index (χ1n) is 12.1. The topological polar surface area (TPSA) is 100 Å². The summed E-state index contributed by atoms with van der Waals surface area (Å²) < 4.78 is 28.3. The molecule has 2 heterocycles. The molecule has 0 atom stereocenters. The van der Waals surface area contributed by atoms with Crippen LogP contribution in [0.2, 0.25) is 5.02 Å². The van der Waals surface area contributed by atoms with Gasteiger partial charge in [0.1, 0.15) is 17.6 Å². The number of aromatic nitrogens is 1. The van der Waals surface area contributed by atoms with E-state index in [-0.39, 0.29) is 12.1 Å². The van der Waals surface area contributed by atoms with E-state index in [4.69, 9.17) is 35.3 Å². The summed E-state index contributed by atoms with van der Waals surface area (Å²) in [6.07, 6.45) is 3.40. The van der Waals surface area contributed by atoms with Crippen LogP contribution in [0.5, 0.6) is 23.0 Å². The number of pyridine rings is 1. The summed E-state index contributed by atoms with van der Waals surface area (Å²) in [5.41, 5.74) is 1.58. The number of fused-ring (bicyclic) bond motifs is 1. The van der Waals surface area contributed by atoms with E-state index in [0.29, 0.717) is 60.9 Å². The molecule has 0 saturated carbocycles. The molecule has 0 aliphatic carbocycles. The number of rotatable bonds is 12. The summed E-state index contributed by atoms with van der Waals surface area (Å²) in [4.78, 5) is 14.0. The SMILES string of the molecule is CC(C)NC=O.CNc1ccc(Oc2ccnc3cc(OCCCOC4COC4)c(OC)cc23)cc1Cl. The van der Waals surface area contributed by atoms with E-state index in [2.05, 4.69) is 15.6 Å². The zero-order valence-corrected chi connectivity index (χ0v) is 22.3. The maximum atomic E-state index is 9.50. The number of hydrogen-bond donors (Lipinski definition) is 2. The molecule has 37 heavy (non-hydrogen) atoms.